The number of thiazole rings is 1. The smallest absolute Gasteiger partial charge is 0.167 e. The maximum Gasteiger partial charge on any atom is 0.167 e. The van der Waals surface area contributed by atoms with Crippen LogP contribution >= 0.6 is 11.3 Å². The van der Waals surface area contributed by atoms with E-state index in [9.17, 15) is 5.11 Å². The van der Waals surface area contributed by atoms with Gasteiger partial charge in [0.2, 0.25) is 0 Å². The first-order chi connectivity index (χ1) is 8.85. The van der Waals surface area contributed by atoms with Crippen molar-refractivity contribution in [3.05, 3.63) is 40.3 Å². The summed E-state index contributed by atoms with van der Waals surface area (Å²) in [6.45, 7) is 2.78. The van der Waals surface area contributed by atoms with Crippen LogP contribution in [0.2, 0.25) is 0 Å². The van der Waals surface area contributed by atoms with E-state index < -0.39 is 0 Å². The Balaban J connectivity index is 2.18. The zero-order valence-electron chi connectivity index (χ0n) is 10.1. The van der Waals surface area contributed by atoms with Crippen molar-refractivity contribution in [2.45, 2.75) is 20.1 Å². The molecule has 0 bridgehead atoms. The van der Waals surface area contributed by atoms with Crippen molar-refractivity contribution < 1.29 is 14.6 Å². The highest BCUT2D eigenvalue weighted by Crippen LogP contribution is 2.32. The first-order valence-electron chi connectivity index (χ1n) is 5.72. The highest BCUT2D eigenvalue weighted by molar-refractivity contribution is 7.09. The second kappa shape index (κ2) is 6.37. The number of rotatable bonds is 6. The molecule has 0 radical (unpaired) electrons. The number of nitrogens with zero attached hydrogens (tertiary/aromatic N) is 1. The molecule has 0 atom stereocenters. The normalized spacial score (nSPS) is 10.3. The van der Waals surface area contributed by atoms with Gasteiger partial charge in [0.1, 0.15) is 11.6 Å². The molecule has 2 rings (SSSR count). The van der Waals surface area contributed by atoms with Crippen LogP contribution in [0.3, 0.4) is 0 Å². The lowest BCUT2D eigenvalue weighted by atomic mass is 10.2. The minimum atomic E-state index is -0.0753. The molecule has 0 saturated carbocycles. The molecule has 0 saturated heterocycles. The number of aromatic nitrogens is 1. The van der Waals surface area contributed by atoms with Crippen LogP contribution in [-0.2, 0) is 13.2 Å². The third kappa shape index (κ3) is 3.00. The van der Waals surface area contributed by atoms with E-state index >= 15 is 0 Å². The summed E-state index contributed by atoms with van der Waals surface area (Å²) in [7, 11) is 0. The van der Waals surface area contributed by atoms with Crippen LogP contribution in [0.1, 0.15) is 17.5 Å². The summed E-state index contributed by atoms with van der Waals surface area (Å²) < 4.78 is 11.2. The number of para-hydroxylation sites is 1. The van der Waals surface area contributed by atoms with Gasteiger partial charge in [-0.05, 0) is 13.0 Å². The molecular formula is C13H15NO3S. The zero-order valence-corrected chi connectivity index (χ0v) is 10.9. The van der Waals surface area contributed by atoms with Gasteiger partial charge in [-0.25, -0.2) is 4.98 Å². The highest BCUT2D eigenvalue weighted by atomic mass is 32.1. The summed E-state index contributed by atoms with van der Waals surface area (Å²) in [6, 6.07) is 5.49. The standard InChI is InChI=1S/C13H15NO3S/c1-2-16-11-5-3-4-10(8-15)13(11)17-9-12-14-6-7-18-12/h3-7,15H,2,8-9H2,1H3. The monoisotopic (exact) mass is 265 g/mol. The fourth-order valence-corrected chi connectivity index (χ4v) is 2.10. The number of hydrogen-bond acceptors (Lipinski definition) is 5. The lowest BCUT2D eigenvalue weighted by molar-refractivity contribution is 0.243. The van der Waals surface area contributed by atoms with Gasteiger partial charge in [-0.15, -0.1) is 11.3 Å². The molecule has 1 heterocycles. The molecule has 0 spiro atoms. The number of aliphatic hydroxyl groups is 1. The Bertz CT molecular complexity index is 485. The molecule has 96 valence electrons. The molecule has 0 amide bonds. The number of ether oxygens (including phenoxy) is 2. The summed E-state index contributed by atoms with van der Waals surface area (Å²) in [5.74, 6) is 1.25. The van der Waals surface area contributed by atoms with Crippen LogP contribution in [-0.4, -0.2) is 16.7 Å². The molecule has 4 nitrogen and oxygen atoms in total. The van der Waals surface area contributed by atoms with Crippen molar-refractivity contribution in [1.82, 2.24) is 4.98 Å². The Morgan fingerprint density at radius 1 is 1.33 bits per heavy atom. The summed E-state index contributed by atoms with van der Waals surface area (Å²) in [5, 5.41) is 12.1. The Hall–Kier alpha value is -1.59. The van der Waals surface area contributed by atoms with Crippen LogP contribution in [0, 0.1) is 0 Å². The van der Waals surface area contributed by atoms with Crippen molar-refractivity contribution in [2.75, 3.05) is 6.61 Å². The van der Waals surface area contributed by atoms with Crippen LogP contribution in [0.15, 0.2) is 29.8 Å². The van der Waals surface area contributed by atoms with E-state index in [0.29, 0.717) is 24.7 Å². The van der Waals surface area contributed by atoms with Crippen LogP contribution in [0.4, 0.5) is 0 Å². The number of hydrogen-bond donors (Lipinski definition) is 1. The fraction of sp³-hybridized carbons (Fsp3) is 0.308. The predicted octanol–water partition coefficient (Wildman–Crippen LogP) is 2.61. The van der Waals surface area contributed by atoms with Crippen LogP contribution in [0.5, 0.6) is 11.5 Å². The van der Waals surface area contributed by atoms with Crippen LogP contribution < -0.4 is 9.47 Å². The molecule has 18 heavy (non-hydrogen) atoms. The van der Waals surface area contributed by atoms with E-state index in [1.54, 1.807) is 6.20 Å². The van der Waals surface area contributed by atoms with E-state index in [2.05, 4.69) is 4.98 Å². The molecule has 1 N–H and O–H groups in total. The highest BCUT2D eigenvalue weighted by Gasteiger charge is 2.11. The third-order valence-electron chi connectivity index (χ3n) is 2.35. The Morgan fingerprint density at radius 2 is 2.22 bits per heavy atom. The topological polar surface area (TPSA) is 51.6 Å². The molecule has 2 aromatic rings. The molecule has 1 aromatic heterocycles. The van der Waals surface area contributed by atoms with Gasteiger partial charge >= 0.3 is 0 Å². The van der Waals surface area contributed by atoms with Gasteiger partial charge in [0.15, 0.2) is 11.5 Å². The summed E-state index contributed by atoms with van der Waals surface area (Å²) in [5.41, 5.74) is 0.720. The molecule has 0 aliphatic carbocycles. The Kier molecular flexibility index (Phi) is 4.55. The van der Waals surface area contributed by atoms with Crippen molar-refractivity contribution >= 4 is 11.3 Å². The van der Waals surface area contributed by atoms with Crippen molar-refractivity contribution in [3.63, 3.8) is 0 Å². The number of aliphatic hydroxyl groups excluding tert-OH is 1. The second-order valence-electron chi connectivity index (χ2n) is 3.55. The SMILES string of the molecule is CCOc1cccc(CO)c1OCc1nccs1. The third-order valence-corrected chi connectivity index (χ3v) is 3.11. The molecule has 0 unspecified atom stereocenters. The van der Waals surface area contributed by atoms with E-state index in [1.807, 2.05) is 30.5 Å². The second-order valence-corrected chi connectivity index (χ2v) is 4.53. The van der Waals surface area contributed by atoms with Crippen molar-refractivity contribution in [2.24, 2.45) is 0 Å². The average molecular weight is 265 g/mol. The van der Waals surface area contributed by atoms with Crippen molar-refractivity contribution in [3.8, 4) is 11.5 Å². The summed E-state index contributed by atoms with van der Waals surface area (Å²) in [6.07, 6.45) is 1.74. The van der Waals surface area contributed by atoms with E-state index in [1.165, 1.54) is 11.3 Å². The number of benzene rings is 1. The quantitative estimate of drug-likeness (QED) is 0.872. The average Bonchev–Trinajstić information content (AvgIpc) is 2.90. The van der Waals surface area contributed by atoms with Crippen LogP contribution in [0.25, 0.3) is 0 Å². The van der Waals surface area contributed by atoms with Gasteiger partial charge < -0.3 is 14.6 Å². The molecule has 0 fully saturated rings. The van der Waals surface area contributed by atoms with Gasteiger partial charge in [0, 0.05) is 17.1 Å². The van der Waals surface area contributed by atoms with Gasteiger partial charge in [-0.2, -0.15) is 0 Å². The molecule has 5 heteroatoms. The van der Waals surface area contributed by atoms with Gasteiger partial charge in [0.05, 0.1) is 13.2 Å². The molecule has 0 aliphatic heterocycles. The van der Waals surface area contributed by atoms with Gasteiger partial charge in [-0.1, -0.05) is 12.1 Å². The molecule has 1 aromatic carbocycles. The fourth-order valence-electron chi connectivity index (χ4n) is 1.58. The molecular weight excluding hydrogens is 250 g/mol. The predicted molar refractivity (Wildman–Crippen MR) is 70.0 cm³/mol. The van der Waals surface area contributed by atoms with Gasteiger partial charge in [-0.3, -0.25) is 0 Å². The van der Waals surface area contributed by atoms with E-state index in [0.717, 1.165) is 10.6 Å². The minimum Gasteiger partial charge on any atom is -0.490 e. The molecule has 0 aliphatic rings. The minimum absolute atomic E-state index is 0.0753. The van der Waals surface area contributed by atoms with E-state index in [4.69, 9.17) is 9.47 Å². The summed E-state index contributed by atoms with van der Waals surface area (Å²) >= 11 is 1.54. The largest absolute Gasteiger partial charge is 0.490 e. The summed E-state index contributed by atoms with van der Waals surface area (Å²) in [4.78, 5) is 4.15. The lowest BCUT2D eigenvalue weighted by Gasteiger charge is -2.14. The van der Waals surface area contributed by atoms with Gasteiger partial charge in [0.25, 0.3) is 0 Å². The maximum atomic E-state index is 9.32. The lowest BCUT2D eigenvalue weighted by Crippen LogP contribution is -2.02. The van der Waals surface area contributed by atoms with E-state index in [-0.39, 0.29) is 6.61 Å². The Labute approximate surface area is 110 Å². The first-order valence-corrected chi connectivity index (χ1v) is 6.59. The zero-order chi connectivity index (χ0) is 12.8. The first kappa shape index (κ1) is 12.9. The Morgan fingerprint density at radius 3 is 2.89 bits per heavy atom. The maximum absolute atomic E-state index is 9.32. The van der Waals surface area contributed by atoms with Crippen molar-refractivity contribution in [1.29, 1.82) is 0 Å².